The molecule has 0 N–H and O–H groups in total. The Morgan fingerprint density at radius 3 is 1.16 bits per heavy atom. The summed E-state index contributed by atoms with van der Waals surface area (Å²) in [7, 11) is 0. The van der Waals surface area contributed by atoms with Crippen LogP contribution in [-0.4, -0.2) is 0 Å². The van der Waals surface area contributed by atoms with Crippen molar-refractivity contribution >= 4 is 157 Å². The number of hydrogen-bond donors (Lipinski definition) is 0. The Balaban J connectivity index is 0.533. The Morgan fingerprint density at radius 2 is 0.556 bits per heavy atom. The van der Waals surface area contributed by atoms with E-state index in [-0.39, 0.29) is 5.92 Å². The van der Waals surface area contributed by atoms with Crippen molar-refractivity contribution < 1.29 is 13.3 Å². The highest BCUT2D eigenvalue weighted by Gasteiger charge is 2.32. The van der Waals surface area contributed by atoms with E-state index in [0.29, 0.717) is 0 Å². The SMILES string of the molecule is C1=C(c2ccc(-c3c4ccccc4c(-c4cccc5c4oc4ccccc45)c4ccccc34)c(-c3ccccc3)c2)c2oc3ccc(-c4c5ccccc5c(-c5cccc6cc(-c7cccc(-c8cccc(-c9cc(-c%10c%11ccccc%11c(-c%11cc%12ccccc%12c%12ccccc%11%12)c%11ccccc%10%11)c%10oc%11ccccc%11c%10c9)c8)c7)ccc56)c5ccccc45)cc3c2CC1c1ccccc1. The van der Waals surface area contributed by atoms with Gasteiger partial charge in [-0.2, -0.15) is 0 Å². The summed E-state index contributed by atoms with van der Waals surface area (Å²) in [5, 5.41) is 27.1. The topological polar surface area (TPSA) is 39.4 Å². The van der Waals surface area contributed by atoms with E-state index in [0.717, 1.165) is 150 Å². The van der Waals surface area contributed by atoms with Gasteiger partial charge < -0.3 is 13.3 Å². The van der Waals surface area contributed by atoms with Gasteiger partial charge in [0.15, 0.2) is 0 Å². The number of benzene rings is 24. The van der Waals surface area contributed by atoms with E-state index in [1.54, 1.807) is 0 Å². The van der Waals surface area contributed by atoms with Crippen LogP contribution in [0.4, 0.5) is 0 Å². The van der Waals surface area contributed by atoms with Crippen molar-refractivity contribution in [3.63, 3.8) is 0 Å². The lowest BCUT2D eigenvalue weighted by molar-refractivity contribution is 0.587. The Labute approximate surface area is 778 Å². The van der Waals surface area contributed by atoms with Crippen LogP contribution in [-0.2, 0) is 6.42 Å². The lowest BCUT2D eigenvalue weighted by atomic mass is 9.79. The molecule has 24 aromatic carbocycles. The van der Waals surface area contributed by atoms with Crippen molar-refractivity contribution in [1.82, 2.24) is 0 Å². The second-order valence-electron chi connectivity index (χ2n) is 36.4. The fourth-order valence-corrected chi connectivity index (χ4v) is 23.2. The molecule has 0 spiro atoms. The van der Waals surface area contributed by atoms with Gasteiger partial charge in [0, 0.05) is 66.2 Å². The van der Waals surface area contributed by atoms with Gasteiger partial charge >= 0.3 is 0 Å². The first-order valence-electron chi connectivity index (χ1n) is 46.8. The third-order valence-corrected chi connectivity index (χ3v) is 29.2. The summed E-state index contributed by atoms with van der Waals surface area (Å²) < 4.78 is 21.3. The molecule has 1 aliphatic rings. The van der Waals surface area contributed by atoms with Crippen molar-refractivity contribution in [3.8, 4) is 111 Å². The summed E-state index contributed by atoms with van der Waals surface area (Å²) in [4.78, 5) is 0. The van der Waals surface area contributed by atoms with Crippen LogP contribution in [0.25, 0.3) is 269 Å². The van der Waals surface area contributed by atoms with E-state index >= 15 is 0 Å². The van der Waals surface area contributed by atoms with E-state index in [4.69, 9.17) is 13.3 Å². The van der Waals surface area contributed by atoms with Gasteiger partial charge in [-0.15, -0.1) is 0 Å². The number of hydrogen-bond acceptors (Lipinski definition) is 3. The molecule has 0 fully saturated rings. The predicted octanol–water partition coefficient (Wildman–Crippen LogP) is 37.1. The van der Waals surface area contributed by atoms with Gasteiger partial charge in [-0.25, -0.2) is 0 Å². The van der Waals surface area contributed by atoms with Gasteiger partial charge in [0.1, 0.15) is 33.7 Å². The van der Waals surface area contributed by atoms with Crippen molar-refractivity contribution in [1.29, 1.82) is 0 Å². The first-order valence-corrected chi connectivity index (χ1v) is 46.8. The van der Waals surface area contributed by atoms with Crippen LogP contribution < -0.4 is 0 Å². The maximum atomic E-state index is 7.39. The molecule has 0 bridgehead atoms. The molecule has 0 saturated heterocycles. The van der Waals surface area contributed by atoms with Crippen LogP contribution in [0.1, 0.15) is 28.4 Å². The molecule has 135 heavy (non-hydrogen) atoms. The standard InChI is InChI=1S/C132H80O3/c1-3-31-79(32-4-1)90-75-115(88-64-67-111(114(72-88)80-33-5-2-6-34-80)126-103-50-15-17-52-105(103)127(106-53-18-16-51-104(106)126)113-60-30-59-112-96-44-23-25-61-121(96)133-130(112)113)131-119(76-90)116-74-89(65-68-123(116)135-131)124-99-46-11-13-48-101(99)125(102-49-14-12-47-100(102)124)98-58-29-40-86-71-85(63-66-93(86)98)83-38-27-36-81(69-83)82-37-28-39-84(70-82)91-77-118-97-45-24-26-62-122(97)134-132(118)120(78-91)129-109-56-21-19-54-107(109)128(108-55-20-22-57-110(108)129)117-73-87-35-7-8-41-92(87)94-42-9-10-43-95(94)117/h1-75,77-78,90H,76H2. The van der Waals surface area contributed by atoms with Crippen LogP contribution >= 0.6 is 0 Å². The molecule has 3 nitrogen and oxygen atoms in total. The second kappa shape index (κ2) is 30.6. The summed E-state index contributed by atoms with van der Waals surface area (Å²) in [6.45, 7) is 0. The number of furan rings is 3. The molecule has 1 unspecified atom stereocenters. The van der Waals surface area contributed by atoms with Gasteiger partial charge in [-0.05, 0) is 270 Å². The molecule has 27 aromatic rings. The molecule has 0 radical (unpaired) electrons. The fourth-order valence-electron chi connectivity index (χ4n) is 23.2. The van der Waals surface area contributed by atoms with Crippen LogP contribution in [0.3, 0.4) is 0 Å². The molecule has 626 valence electrons. The molecule has 0 amide bonds. The minimum atomic E-state index is 0.0696. The Morgan fingerprint density at radius 1 is 0.170 bits per heavy atom. The number of rotatable bonds is 12. The van der Waals surface area contributed by atoms with Gasteiger partial charge in [-0.3, -0.25) is 0 Å². The lowest BCUT2D eigenvalue weighted by Crippen LogP contribution is -2.08. The van der Waals surface area contributed by atoms with Crippen molar-refractivity contribution in [2.45, 2.75) is 12.3 Å². The Kier molecular flexibility index (Phi) is 17.3. The normalized spacial score (nSPS) is 13.0. The molecule has 0 saturated carbocycles. The fraction of sp³-hybridized carbons (Fsp3) is 0.0152. The van der Waals surface area contributed by atoms with Gasteiger partial charge in [0.05, 0.1) is 0 Å². The van der Waals surface area contributed by atoms with Crippen LogP contribution in [0.15, 0.2) is 480 Å². The largest absolute Gasteiger partial charge is 0.456 e. The Hall–Kier alpha value is -17.5. The molecule has 28 rings (SSSR count). The van der Waals surface area contributed by atoms with Crippen LogP contribution in [0.2, 0.25) is 0 Å². The summed E-state index contributed by atoms with van der Waals surface area (Å²) >= 11 is 0. The quantitative estimate of drug-likeness (QED) is 0.0904. The molecular formula is C132H80O3. The lowest BCUT2D eigenvalue weighted by Gasteiger charge is -2.23. The first-order chi connectivity index (χ1) is 67.0. The third kappa shape index (κ3) is 12.1. The molecule has 1 atom stereocenters. The van der Waals surface area contributed by atoms with Gasteiger partial charge in [0.25, 0.3) is 0 Å². The maximum absolute atomic E-state index is 7.39. The molecular weight excluding hydrogens is 1630 g/mol. The molecule has 0 aliphatic heterocycles. The highest BCUT2D eigenvalue weighted by molar-refractivity contribution is 6.30. The number of allylic oxidation sites excluding steroid dienone is 1. The summed E-state index contributed by atoms with van der Waals surface area (Å²) in [5.41, 5.74) is 32.3. The van der Waals surface area contributed by atoms with Crippen molar-refractivity contribution in [3.05, 3.63) is 490 Å². The molecule has 3 heteroatoms. The van der Waals surface area contributed by atoms with E-state index in [1.807, 2.05) is 0 Å². The summed E-state index contributed by atoms with van der Waals surface area (Å²) in [5.74, 6) is 0.987. The zero-order valence-electron chi connectivity index (χ0n) is 73.5. The maximum Gasteiger partial charge on any atom is 0.143 e. The Bertz CT molecular complexity index is 9560. The highest BCUT2D eigenvalue weighted by atomic mass is 16.3. The minimum Gasteiger partial charge on any atom is -0.456 e. The average Bonchev–Trinajstić information content (AvgIpc) is 1.63. The first kappa shape index (κ1) is 76.4. The zero-order valence-corrected chi connectivity index (χ0v) is 73.5. The van der Waals surface area contributed by atoms with E-state index < -0.39 is 0 Å². The highest BCUT2D eigenvalue weighted by Crippen LogP contribution is 2.56. The minimum absolute atomic E-state index is 0.0696. The zero-order chi connectivity index (χ0) is 88.5. The van der Waals surface area contributed by atoms with Crippen molar-refractivity contribution in [2.75, 3.05) is 0 Å². The van der Waals surface area contributed by atoms with E-state index in [1.165, 1.54) is 147 Å². The molecule has 3 aromatic heterocycles. The number of para-hydroxylation sites is 3. The van der Waals surface area contributed by atoms with Crippen LogP contribution in [0, 0.1) is 0 Å². The number of fused-ring (bicyclic) bond motifs is 19. The molecule has 3 heterocycles. The second-order valence-corrected chi connectivity index (χ2v) is 36.4. The molecule has 1 aliphatic carbocycles. The van der Waals surface area contributed by atoms with Gasteiger partial charge in [0.2, 0.25) is 0 Å². The monoisotopic (exact) mass is 1710 g/mol. The summed E-state index contributed by atoms with van der Waals surface area (Å²) in [6.07, 6.45) is 3.26. The van der Waals surface area contributed by atoms with Crippen molar-refractivity contribution in [2.24, 2.45) is 0 Å². The van der Waals surface area contributed by atoms with Gasteiger partial charge in [-0.1, -0.05) is 400 Å². The summed E-state index contributed by atoms with van der Waals surface area (Å²) in [6, 6.07) is 171. The van der Waals surface area contributed by atoms with E-state index in [2.05, 4.69) is 467 Å². The van der Waals surface area contributed by atoms with Crippen LogP contribution in [0.5, 0.6) is 0 Å². The third-order valence-electron chi connectivity index (χ3n) is 29.2. The predicted molar refractivity (Wildman–Crippen MR) is 569 cm³/mol. The average molecular weight is 1710 g/mol. The van der Waals surface area contributed by atoms with E-state index in [9.17, 15) is 0 Å². The smallest absolute Gasteiger partial charge is 0.143 e.